The van der Waals surface area contributed by atoms with Crippen LogP contribution in [0.15, 0.2) is 30.5 Å². The van der Waals surface area contributed by atoms with Gasteiger partial charge in [0.15, 0.2) is 5.69 Å². The number of nitrogens with zero attached hydrogens (tertiary/aromatic N) is 2. The number of amides is 1. The molecule has 1 aromatic carbocycles. The minimum Gasteiger partial charge on any atom is -0.399 e. The van der Waals surface area contributed by atoms with Crippen molar-refractivity contribution >= 4 is 23.3 Å². The van der Waals surface area contributed by atoms with Crippen molar-refractivity contribution in [2.75, 3.05) is 5.73 Å². The molecular formula is C10H10N4OS. The van der Waals surface area contributed by atoms with Crippen molar-refractivity contribution in [3.63, 3.8) is 0 Å². The van der Waals surface area contributed by atoms with Gasteiger partial charge in [0.25, 0.3) is 5.91 Å². The lowest BCUT2D eigenvalue weighted by Gasteiger charge is -2.03. The van der Waals surface area contributed by atoms with E-state index in [0.29, 0.717) is 17.9 Å². The first-order chi connectivity index (χ1) is 7.75. The van der Waals surface area contributed by atoms with Gasteiger partial charge in [-0.3, -0.25) is 4.79 Å². The summed E-state index contributed by atoms with van der Waals surface area (Å²) in [6, 6.07) is 7.33. The number of hydrogen-bond donors (Lipinski definition) is 2. The Morgan fingerprint density at radius 2 is 2.12 bits per heavy atom. The van der Waals surface area contributed by atoms with E-state index in [1.165, 1.54) is 6.20 Å². The third-order valence-electron chi connectivity index (χ3n) is 2.03. The van der Waals surface area contributed by atoms with Crippen molar-refractivity contribution < 1.29 is 4.79 Å². The average molecular weight is 234 g/mol. The monoisotopic (exact) mass is 234 g/mol. The van der Waals surface area contributed by atoms with E-state index in [9.17, 15) is 4.79 Å². The second-order valence-corrected chi connectivity index (χ2v) is 3.77. The number of hydrogen-bond acceptors (Lipinski definition) is 5. The third kappa shape index (κ3) is 2.54. The number of benzene rings is 1. The van der Waals surface area contributed by atoms with E-state index in [2.05, 4.69) is 14.1 Å². The van der Waals surface area contributed by atoms with Crippen LogP contribution < -0.4 is 11.1 Å². The lowest BCUT2D eigenvalue weighted by molar-refractivity contribution is 0.0947. The summed E-state index contributed by atoms with van der Waals surface area (Å²) < 4.78 is 7.60. The lowest BCUT2D eigenvalue weighted by atomic mass is 10.2. The van der Waals surface area contributed by atoms with Crippen LogP contribution in [0.1, 0.15) is 16.1 Å². The van der Waals surface area contributed by atoms with E-state index in [1.54, 1.807) is 12.1 Å². The highest BCUT2D eigenvalue weighted by molar-refractivity contribution is 6.99. The summed E-state index contributed by atoms with van der Waals surface area (Å²) in [5.74, 6) is -0.217. The number of nitrogens with one attached hydrogen (secondary N) is 1. The first kappa shape index (κ1) is 10.6. The normalized spacial score (nSPS) is 10.0. The maximum absolute atomic E-state index is 11.5. The fourth-order valence-corrected chi connectivity index (χ4v) is 1.59. The Bertz CT molecular complexity index is 466. The molecule has 0 spiro atoms. The Labute approximate surface area is 96.6 Å². The molecule has 82 valence electrons. The molecule has 16 heavy (non-hydrogen) atoms. The molecule has 3 N–H and O–H groups in total. The van der Waals surface area contributed by atoms with Crippen LogP contribution in [-0.2, 0) is 6.54 Å². The number of rotatable bonds is 3. The van der Waals surface area contributed by atoms with Gasteiger partial charge in [-0.1, -0.05) is 12.1 Å². The topological polar surface area (TPSA) is 80.9 Å². The summed E-state index contributed by atoms with van der Waals surface area (Å²) in [4.78, 5) is 11.5. The van der Waals surface area contributed by atoms with Gasteiger partial charge in [0, 0.05) is 12.2 Å². The largest absolute Gasteiger partial charge is 0.399 e. The van der Waals surface area contributed by atoms with Crippen LogP contribution in [-0.4, -0.2) is 14.7 Å². The van der Waals surface area contributed by atoms with Crippen LogP contribution in [0.25, 0.3) is 0 Å². The molecule has 0 saturated carbocycles. The van der Waals surface area contributed by atoms with Gasteiger partial charge in [0.2, 0.25) is 0 Å². The van der Waals surface area contributed by atoms with Gasteiger partial charge in [-0.2, -0.15) is 8.75 Å². The number of anilines is 1. The number of nitrogens with two attached hydrogens (primary N) is 1. The summed E-state index contributed by atoms with van der Waals surface area (Å²) in [5, 5.41) is 2.75. The molecule has 6 heteroatoms. The average Bonchev–Trinajstić information content (AvgIpc) is 2.81. The predicted molar refractivity (Wildman–Crippen MR) is 61.9 cm³/mol. The van der Waals surface area contributed by atoms with Crippen LogP contribution in [0.4, 0.5) is 5.69 Å². The van der Waals surface area contributed by atoms with Crippen molar-refractivity contribution in [2.24, 2.45) is 0 Å². The van der Waals surface area contributed by atoms with E-state index in [-0.39, 0.29) is 5.91 Å². The molecule has 0 fully saturated rings. The number of nitrogen functional groups attached to an aromatic ring is 1. The smallest absolute Gasteiger partial charge is 0.272 e. The SMILES string of the molecule is Nc1ccc(CNC(=O)c2cnsn2)cc1. The van der Waals surface area contributed by atoms with Crippen LogP contribution in [0, 0.1) is 0 Å². The van der Waals surface area contributed by atoms with Crippen LogP contribution in [0.5, 0.6) is 0 Å². The van der Waals surface area contributed by atoms with E-state index in [4.69, 9.17) is 5.73 Å². The minimum absolute atomic E-state index is 0.217. The molecule has 0 radical (unpaired) electrons. The Morgan fingerprint density at radius 3 is 2.75 bits per heavy atom. The fourth-order valence-electron chi connectivity index (χ4n) is 1.17. The summed E-state index contributed by atoms with van der Waals surface area (Å²) in [7, 11) is 0. The van der Waals surface area contributed by atoms with Gasteiger partial charge >= 0.3 is 0 Å². The zero-order valence-electron chi connectivity index (χ0n) is 8.38. The Hall–Kier alpha value is -1.95. The van der Waals surface area contributed by atoms with Gasteiger partial charge in [0.05, 0.1) is 17.9 Å². The second kappa shape index (κ2) is 4.71. The van der Waals surface area contributed by atoms with E-state index in [1.807, 2.05) is 12.1 Å². The van der Waals surface area contributed by atoms with Gasteiger partial charge in [0.1, 0.15) is 0 Å². The molecule has 1 aromatic heterocycles. The molecule has 1 amide bonds. The van der Waals surface area contributed by atoms with Gasteiger partial charge in [-0.25, -0.2) is 0 Å². The lowest BCUT2D eigenvalue weighted by Crippen LogP contribution is -2.22. The summed E-state index contributed by atoms with van der Waals surface area (Å²) >= 11 is 1.01. The van der Waals surface area contributed by atoms with Crippen LogP contribution in [0.3, 0.4) is 0 Å². The Kier molecular flexibility index (Phi) is 3.11. The molecule has 5 nitrogen and oxygen atoms in total. The molecule has 0 unspecified atom stereocenters. The van der Waals surface area contributed by atoms with E-state index >= 15 is 0 Å². The van der Waals surface area contributed by atoms with Crippen molar-refractivity contribution in [1.29, 1.82) is 0 Å². The van der Waals surface area contributed by atoms with Gasteiger partial charge < -0.3 is 11.1 Å². The molecule has 2 aromatic rings. The van der Waals surface area contributed by atoms with Crippen molar-refractivity contribution in [3.8, 4) is 0 Å². The maximum Gasteiger partial charge on any atom is 0.272 e. The van der Waals surface area contributed by atoms with Crippen molar-refractivity contribution in [2.45, 2.75) is 6.54 Å². The second-order valence-electron chi connectivity index (χ2n) is 3.22. The highest BCUT2D eigenvalue weighted by Gasteiger charge is 2.07. The fraction of sp³-hybridized carbons (Fsp3) is 0.100. The number of carbonyl (C=O) groups is 1. The Morgan fingerprint density at radius 1 is 1.38 bits per heavy atom. The highest BCUT2D eigenvalue weighted by Crippen LogP contribution is 2.05. The highest BCUT2D eigenvalue weighted by atomic mass is 32.1. The molecule has 0 aliphatic rings. The van der Waals surface area contributed by atoms with Crippen molar-refractivity contribution in [3.05, 3.63) is 41.7 Å². The first-order valence-electron chi connectivity index (χ1n) is 4.66. The molecule has 0 aliphatic heterocycles. The molecule has 0 atom stereocenters. The molecular weight excluding hydrogens is 224 g/mol. The standard InChI is InChI=1S/C10H10N4OS/c11-8-3-1-7(2-4-8)5-12-10(15)9-6-13-16-14-9/h1-4,6H,5,11H2,(H,12,15). The molecule has 1 heterocycles. The predicted octanol–water partition coefficient (Wildman–Crippen LogP) is 1.05. The van der Waals surface area contributed by atoms with E-state index < -0.39 is 0 Å². The summed E-state index contributed by atoms with van der Waals surface area (Å²) in [5.41, 5.74) is 7.60. The zero-order valence-corrected chi connectivity index (χ0v) is 9.20. The Balaban J connectivity index is 1.93. The summed E-state index contributed by atoms with van der Waals surface area (Å²) in [6.45, 7) is 0.455. The van der Waals surface area contributed by atoms with Crippen molar-refractivity contribution in [1.82, 2.24) is 14.1 Å². The van der Waals surface area contributed by atoms with Gasteiger partial charge in [-0.15, -0.1) is 0 Å². The van der Waals surface area contributed by atoms with Crippen LogP contribution >= 0.6 is 11.7 Å². The van der Waals surface area contributed by atoms with E-state index in [0.717, 1.165) is 17.3 Å². The zero-order chi connectivity index (χ0) is 11.4. The first-order valence-corrected chi connectivity index (χ1v) is 5.39. The number of carbonyl (C=O) groups excluding carboxylic acids is 1. The molecule has 0 saturated heterocycles. The third-order valence-corrected chi connectivity index (χ3v) is 2.50. The maximum atomic E-state index is 11.5. The van der Waals surface area contributed by atoms with Gasteiger partial charge in [-0.05, 0) is 17.7 Å². The molecule has 0 aliphatic carbocycles. The molecule has 2 rings (SSSR count). The number of aromatic nitrogens is 2. The summed E-state index contributed by atoms with van der Waals surface area (Å²) in [6.07, 6.45) is 1.45. The quantitative estimate of drug-likeness (QED) is 0.778. The molecule has 0 bridgehead atoms. The van der Waals surface area contributed by atoms with Crippen LogP contribution in [0.2, 0.25) is 0 Å². The minimum atomic E-state index is -0.217.